The van der Waals surface area contributed by atoms with Gasteiger partial charge in [-0.15, -0.1) is 11.3 Å². The van der Waals surface area contributed by atoms with E-state index in [1.165, 1.54) is 5.56 Å². The fraction of sp³-hybridized carbons (Fsp3) is 0.333. The maximum atomic E-state index is 11.7. The molecule has 2 aromatic rings. The Bertz CT molecular complexity index is 596. The van der Waals surface area contributed by atoms with Gasteiger partial charge >= 0.3 is 0 Å². The third-order valence-corrected chi connectivity index (χ3v) is 4.58. The lowest BCUT2D eigenvalue weighted by Crippen LogP contribution is -2.26. The average Bonchev–Trinajstić information content (AvgIpc) is 3.06. The van der Waals surface area contributed by atoms with E-state index in [-0.39, 0.29) is 12.1 Å². The molecule has 3 rings (SSSR count). The molecular formula is C15H17N3OS. The van der Waals surface area contributed by atoms with Gasteiger partial charge in [-0.3, -0.25) is 9.69 Å². The molecule has 1 aliphatic heterocycles. The molecule has 0 radical (unpaired) electrons. The Hall–Kier alpha value is -1.72. The average molecular weight is 287 g/mol. The maximum Gasteiger partial charge on any atom is 0.235 e. The first-order valence-corrected chi connectivity index (χ1v) is 7.60. The fourth-order valence-corrected chi connectivity index (χ4v) is 3.34. The molecule has 1 amide bonds. The van der Waals surface area contributed by atoms with E-state index in [4.69, 9.17) is 0 Å². The predicted octanol–water partition coefficient (Wildman–Crippen LogP) is 2.34. The van der Waals surface area contributed by atoms with Crippen LogP contribution in [0.2, 0.25) is 0 Å². The van der Waals surface area contributed by atoms with Crippen LogP contribution in [0.4, 0.5) is 0 Å². The van der Waals surface area contributed by atoms with Crippen LogP contribution >= 0.6 is 11.3 Å². The van der Waals surface area contributed by atoms with Crippen LogP contribution in [-0.4, -0.2) is 22.3 Å². The molecule has 0 bridgehead atoms. The molecule has 5 heteroatoms. The molecule has 0 aliphatic carbocycles. The standard InChI is InChI=1S/C15H17N3OS/c1-2-14-16-8-12(20-14)15-17-13(19)10-18(15)9-11-6-4-3-5-7-11/h3-8,15H,2,9-10H2,1H3,(H,17,19)/t15-/m1/s1. The minimum Gasteiger partial charge on any atom is -0.335 e. The quantitative estimate of drug-likeness (QED) is 0.939. The summed E-state index contributed by atoms with van der Waals surface area (Å²) >= 11 is 1.68. The van der Waals surface area contributed by atoms with Crippen LogP contribution in [-0.2, 0) is 17.8 Å². The van der Waals surface area contributed by atoms with Crippen molar-refractivity contribution in [3.63, 3.8) is 0 Å². The molecule has 1 N–H and O–H groups in total. The first-order valence-electron chi connectivity index (χ1n) is 6.78. The number of thiazole rings is 1. The number of carbonyl (C=O) groups excluding carboxylic acids is 1. The van der Waals surface area contributed by atoms with Gasteiger partial charge in [-0.2, -0.15) is 0 Å². The minimum atomic E-state index is -0.0412. The first-order chi connectivity index (χ1) is 9.76. The number of hydrogen-bond donors (Lipinski definition) is 1. The molecule has 2 heterocycles. The van der Waals surface area contributed by atoms with Gasteiger partial charge in [-0.1, -0.05) is 37.3 Å². The van der Waals surface area contributed by atoms with Crippen molar-refractivity contribution >= 4 is 17.2 Å². The smallest absolute Gasteiger partial charge is 0.235 e. The third kappa shape index (κ3) is 2.73. The maximum absolute atomic E-state index is 11.7. The molecule has 20 heavy (non-hydrogen) atoms. The molecule has 1 fully saturated rings. The second-order valence-electron chi connectivity index (χ2n) is 4.87. The molecule has 1 atom stereocenters. The van der Waals surface area contributed by atoms with E-state index in [2.05, 4.69) is 34.3 Å². The fourth-order valence-electron chi connectivity index (χ4n) is 2.40. The molecule has 0 unspecified atom stereocenters. The lowest BCUT2D eigenvalue weighted by molar-refractivity contribution is -0.118. The van der Waals surface area contributed by atoms with Crippen LogP contribution in [0.5, 0.6) is 0 Å². The van der Waals surface area contributed by atoms with Crippen LogP contribution in [0.3, 0.4) is 0 Å². The van der Waals surface area contributed by atoms with Crippen LogP contribution in [0.1, 0.15) is 28.5 Å². The molecule has 0 spiro atoms. The van der Waals surface area contributed by atoms with Gasteiger partial charge in [0.2, 0.25) is 5.91 Å². The van der Waals surface area contributed by atoms with Crippen LogP contribution in [0.15, 0.2) is 36.5 Å². The lowest BCUT2D eigenvalue weighted by atomic mass is 10.2. The monoisotopic (exact) mass is 287 g/mol. The number of benzene rings is 1. The van der Waals surface area contributed by atoms with E-state index < -0.39 is 0 Å². The highest BCUT2D eigenvalue weighted by atomic mass is 32.1. The lowest BCUT2D eigenvalue weighted by Gasteiger charge is -2.21. The number of rotatable bonds is 4. The summed E-state index contributed by atoms with van der Waals surface area (Å²) in [7, 11) is 0. The van der Waals surface area contributed by atoms with E-state index in [1.807, 2.05) is 24.4 Å². The van der Waals surface area contributed by atoms with Crippen molar-refractivity contribution in [2.75, 3.05) is 6.54 Å². The van der Waals surface area contributed by atoms with Gasteiger partial charge in [0.05, 0.1) is 16.4 Å². The van der Waals surface area contributed by atoms with Crippen molar-refractivity contribution < 1.29 is 4.79 Å². The van der Waals surface area contributed by atoms with Gasteiger partial charge in [0.15, 0.2) is 0 Å². The normalized spacial score (nSPS) is 19.2. The van der Waals surface area contributed by atoms with Crippen molar-refractivity contribution in [3.8, 4) is 0 Å². The van der Waals surface area contributed by atoms with Gasteiger partial charge in [0, 0.05) is 12.7 Å². The molecule has 1 aromatic carbocycles. The number of amides is 1. The number of aromatic nitrogens is 1. The summed E-state index contributed by atoms with van der Waals surface area (Å²) in [6, 6.07) is 10.2. The minimum absolute atomic E-state index is 0.0412. The van der Waals surface area contributed by atoms with E-state index in [9.17, 15) is 4.79 Å². The Kier molecular flexibility index (Phi) is 3.80. The zero-order valence-corrected chi connectivity index (χ0v) is 12.2. The summed E-state index contributed by atoms with van der Waals surface area (Å²) in [5.41, 5.74) is 1.22. The van der Waals surface area contributed by atoms with Crippen molar-refractivity contribution in [2.45, 2.75) is 26.1 Å². The highest BCUT2D eigenvalue weighted by molar-refractivity contribution is 7.11. The zero-order valence-electron chi connectivity index (χ0n) is 11.4. The number of carbonyl (C=O) groups is 1. The van der Waals surface area contributed by atoms with E-state index >= 15 is 0 Å². The van der Waals surface area contributed by atoms with Crippen molar-refractivity contribution in [2.24, 2.45) is 0 Å². The second kappa shape index (κ2) is 5.73. The van der Waals surface area contributed by atoms with Crippen molar-refractivity contribution in [3.05, 3.63) is 52.0 Å². The number of hydrogen-bond acceptors (Lipinski definition) is 4. The molecular weight excluding hydrogens is 270 g/mol. The van der Waals surface area contributed by atoms with E-state index in [0.717, 1.165) is 22.9 Å². The van der Waals surface area contributed by atoms with E-state index in [0.29, 0.717) is 6.54 Å². The molecule has 1 aromatic heterocycles. The summed E-state index contributed by atoms with van der Waals surface area (Å²) in [4.78, 5) is 19.4. The summed E-state index contributed by atoms with van der Waals surface area (Å²) in [6.45, 7) is 3.31. The molecule has 1 aliphatic rings. The van der Waals surface area contributed by atoms with E-state index in [1.54, 1.807) is 11.3 Å². The molecule has 1 saturated heterocycles. The largest absolute Gasteiger partial charge is 0.335 e. The van der Waals surface area contributed by atoms with Crippen LogP contribution in [0.25, 0.3) is 0 Å². The second-order valence-corrected chi connectivity index (χ2v) is 6.02. The van der Waals surface area contributed by atoms with Gasteiger partial charge in [-0.05, 0) is 12.0 Å². The Morgan fingerprint density at radius 2 is 2.20 bits per heavy atom. The summed E-state index contributed by atoms with van der Waals surface area (Å²) in [5, 5.41) is 4.15. The van der Waals surface area contributed by atoms with Crippen LogP contribution in [0, 0.1) is 0 Å². The Balaban J connectivity index is 1.79. The molecule has 104 valence electrons. The first kappa shape index (κ1) is 13.3. The Morgan fingerprint density at radius 1 is 1.40 bits per heavy atom. The van der Waals surface area contributed by atoms with Crippen molar-refractivity contribution in [1.82, 2.24) is 15.2 Å². The van der Waals surface area contributed by atoms with Crippen LogP contribution < -0.4 is 5.32 Å². The highest BCUT2D eigenvalue weighted by Gasteiger charge is 2.32. The SMILES string of the molecule is CCc1ncc([C@@H]2NC(=O)CN2Cc2ccccc2)s1. The topological polar surface area (TPSA) is 45.2 Å². The number of nitrogens with one attached hydrogen (secondary N) is 1. The number of nitrogens with zero attached hydrogens (tertiary/aromatic N) is 2. The van der Waals surface area contributed by atoms with Gasteiger partial charge in [-0.25, -0.2) is 4.98 Å². The summed E-state index contributed by atoms with van der Waals surface area (Å²) in [6.07, 6.45) is 2.78. The molecule has 0 saturated carbocycles. The van der Waals surface area contributed by atoms with Gasteiger partial charge < -0.3 is 5.32 Å². The van der Waals surface area contributed by atoms with Gasteiger partial charge in [0.25, 0.3) is 0 Å². The zero-order chi connectivity index (χ0) is 13.9. The Morgan fingerprint density at radius 3 is 2.90 bits per heavy atom. The highest BCUT2D eigenvalue weighted by Crippen LogP contribution is 2.28. The third-order valence-electron chi connectivity index (χ3n) is 3.38. The summed E-state index contributed by atoms with van der Waals surface area (Å²) in [5.74, 6) is 0.0809. The predicted molar refractivity (Wildman–Crippen MR) is 79.2 cm³/mol. The summed E-state index contributed by atoms with van der Waals surface area (Å²) < 4.78 is 0. The Labute approximate surface area is 122 Å². The van der Waals surface area contributed by atoms with Gasteiger partial charge in [0.1, 0.15) is 6.17 Å². The van der Waals surface area contributed by atoms with Crippen molar-refractivity contribution in [1.29, 1.82) is 0 Å². The molecule has 4 nitrogen and oxygen atoms in total. The number of aryl methyl sites for hydroxylation is 1.